The van der Waals surface area contributed by atoms with Crippen LogP contribution in [0.15, 0.2) is 22.7 Å². The maximum atomic E-state index is 5.69. The molecule has 0 radical (unpaired) electrons. The second-order valence-corrected chi connectivity index (χ2v) is 6.36. The average molecular weight is 311 g/mol. The maximum Gasteiger partial charge on any atom is 0.0377 e. The Bertz CT molecular complexity index is 397. The zero-order valence-corrected chi connectivity index (χ0v) is 12.9. The molecule has 0 amide bonds. The van der Waals surface area contributed by atoms with Gasteiger partial charge in [-0.25, -0.2) is 0 Å². The molecule has 0 bridgehead atoms. The third kappa shape index (κ3) is 3.07. The van der Waals surface area contributed by atoms with Crippen molar-refractivity contribution in [3.05, 3.63) is 28.2 Å². The molecule has 1 fully saturated rings. The maximum absolute atomic E-state index is 5.69. The Balaban J connectivity index is 2.08. The summed E-state index contributed by atoms with van der Waals surface area (Å²) in [7, 11) is 2.21. The van der Waals surface area contributed by atoms with E-state index in [1.807, 2.05) is 0 Å². The Morgan fingerprint density at radius 1 is 1.28 bits per heavy atom. The van der Waals surface area contributed by atoms with Crippen LogP contribution in [0, 0.1) is 5.92 Å². The number of hydrogen-bond donors (Lipinski definition) is 1. The molecule has 0 unspecified atom stereocenters. The lowest BCUT2D eigenvalue weighted by Gasteiger charge is -2.35. The van der Waals surface area contributed by atoms with Crippen LogP contribution < -0.4 is 10.6 Å². The summed E-state index contributed by atoms with van der Waals surface area (Å²) in [6.45, 7) is 2.95. The Labute approximate surface area is 119 Å². The highest BCUT2D eigenvalue weighted by Crippen LogP contribution is 2.31. The summed E-state index contributed by atoms with van der Waals surface area (Å²) in [6.07, 6.45) is 5.34. The molecule has 2 nitrogen and oxygen atoms in total. The van der Waals surface area contributed by atoms with Gasteiger partial charge in [-0.15, -0.1) is 0 Å². The van der Waals surface area contributed by atoms with E-state index in [4.69, 9.17) is 5.73 Å². The second kappa shape index (κ2) is 6.07. The van der Waals surface area contributed by atoms with Gasteiger partial charge >= 0.3 is 0 Å². The summed E-state index contributed by atoms with van der Waals surface area (Å²) in [5, 5.41) is 0. The third-order valence-corrected chi connectivity index (χ3v) is 4.94. The molecule has 1 aliphatic carbocycles. The fourth-order valence-electron chi connectivity index (χ4n) is 2.76. The number of rotatable bonds is 3. The van der Waals surface area contributed by atoms with Gasteiger partial charge in [-0.1, -0.05) is 28.9 Å². The van der Waals surface area contributed by atoms with Crippen LogP contribution in [0.5, 0.6) is 0 Å². The molecule has 0 spiro atoms. The van der Waals surface area contributed by atoms with Crippen LogP contribution in [0.3, 0.4) is 0 Å². The van der Waals surface area contributed by atoms with E-state index in [9.17, 15) is 0 Å². The van der Waals surface area contributed by atoms with Crippen molar-refractivity contribution in [2.45, 2.75) is 45.2 Å². The first kappa shape index (κ1) is 13.9. The molecule has 1 aliphatic rings. The zero-order valence-electron chi connectivity index (χ0n) is 11.3. The lowest BCUT2D eigenvalue weighted by atomic mass is 9.86. The molecular weight excluding hydrogens is 288 g/mol. The van der Waals surface area contributed by atoms with Gasteiger partial charge in [0.05, 0.1) is 0 Å². The lowest BCUT2D eigenvalue weighted by Crippen LogP contribution is -2.34. The van der Waals surface area contributed by atoms with E-state index in [1.54, 1.807) is 0 Å². The SMILES string of the molecule is CC1CCC(N(C)c2ccc(CN)c(Br)c2)CC1. The minimum absolute atomic E-state index is 0.589. The van der Waals surface area contributed by atoms with Gasteiger partial charge in [-0.3, -0.25) is 0 Å². The van der Waals surface area contributed by atoms with Gasteiger partial charge < -0.3 is 10.6 Å². The summed E-state index contributed by atoms with van der Waals surface area (Å²) < 4.78 is 1.12. The summed E-state index contributed by atoms with van der Waals surface area (Å²) in [5.74, 6) is 0.904. The first-order chi connectivity index (χ1) is 8.61. The normalized spacial score (nSPS) is 24.0. The Morgan fingerprint density at radius 2 is 1.94 bits per heavy atom. The second-order valence-electron chi connectivity index (χ2n) is 5.50. The highest BCUT2D eigenvalue weighted by Gasteiger charge is 2.22. The molecule has 18 heavy (non-hydrogen) atoms. The molecule has 0 heterocycles. The van der Waals surface area contributed by atoms with Gasteiger partial charge in [0.2, 0.25) is 0 Å². The van der Waals surface area contributed by atoms with Crippen molar-refractivity contribution in [2.24, 2.45) is 11.7 Å². The van der Waals surface area contributed by atoms with E-state index in [-0.39, 0.29) is 0 Å². The molecule has 1 aromatic rings. The third-order valence-electron chi connectivity index (χ3n) is 4.20. The van der Waals surface area contributed by atoms with E-state index in [0.717, 1.165) is 10.4 Å². The molecular formula is C15H23BrN2. The van der Waals surface area contributed by atoms with Gasteiger partial charge in [0.1, 0.15) is 0 Å². The summed E-state index contributed by atoms with van der Waals surface area (Å²) in [5.41, 5.74) is 8.15. The predicted octanol–water partition coefficient (Wildman–Crippen LogP) is 3.92. The Hall–Kier alpha value is -0.540. The number of nitrogens with zero attached hydrogens (tertiary/aromatic N) is 1. The van der Waals surface area contributed by atoms with Gasteiger partial charge in [0, 0.05) is 29.8 Å². The molecule has 100 valence electrons. The summed E-state index contributed by atoms with van der Waals surface area (Å²) in [4.78, 5) is 2.43. The largest absolute Gasteiger partial charge is 0.372 e. The van der Waals surface area contributed by atoms with Gasteiger partial charge in [0.25, 0.3) is 0 Å². The molecule has 0 saturated heterocycles. The Kier molecular flexibility index (Phi) is 4.68. The van der Waals surface area contributed by atoms with Crippen molar-refractivity contribution in [1.82, 2.24) is 0 Å². The van der Waals surface area contributed by atoms with Gasteiger partial charge in [-0.05, 0) is 49.3 Å². The number of nitrogens with two attached hydrogens (primary N) is 1. The van der Waals surface area contributed by atoms with Crippen LogP contribution in [0.1, 0.15) is 38.2 Å². The van der Waals surface area contributed by atoms with Crippen LogP contribution in [-0.2, 0) is 6.54 Å². The molecule has 1 aromatic carbocycles. The first-order valence-corrected chi connectivity index (χ1v) is 7.62. The lowest BCUT2D eigenvalue weighted by molar-refractivity contribution is 0.341. The highest BCUT2D eigenvalue weighted by molar-refractivity contribution is 9.10. The van der Waals surface area contributed by atoms with Gasteiger partial charge in [0.15, 0.2) is 0 Å². The molecule has 2 N–H and O–H groups in total. The van der Waals surface area contributed by atoms with Crippen LogP contribution in [0.2, 0.25) is 0 Å². The van der Waals surface area contributed by atoms with Crippen LogP contribution in [-0.4, -0.2) is 13.1 Å². The molecule has 1 saturated carbocycles. The number of hydrogen-bond acceptors (Lipinski definition) is 2. The van der Waals surface area contributed by atoms with Crippen molar-refractivity contribution in [3.63, 3.8) is 0 Å². The summed E-state index contributed by atoms with van der Waals surface area (Å²) >= 11 is 3.60. The summed E-state index contributed by atoms with van der Waals surface area (Å²) in [6, 6.07) is 7.20. The van der Waals surface area contributed by atoms with Crippen molar-refractivity contribution in [3.8, 4) is 0 Å². The number of anilines is 1. The van der Waals surface area contributed by atoms with Crippen molar-refractivity contribution in [1.29, 1.82) is 0 Å². The van der Waals surface area contributed by atoms with E-state index in [2.05, 4.69) is 53.0 Å². The fourth-order valence-corrected chi connectivity index (χ4v) is 3.29. The smallest absolute Gasteiger partial charge is 0.0377 e. The standard InChI is InChI=1S/C15H23BrN2/c1-11-3-6-13(7-4-11)18(2)14-8-5-12(10-17)15(16)9-14/h5,8-9,11,13H,3-4,6-7,10,17H2,1-2H3. The van der Waals surface area contributed by atoms with Crippen LogP contribution >= 0.6 is 15.9 Å². The van der Waals surface area contributed by atoms with Crippen LogP contribution in [0.25, 0.3) is 0 Å². The van der Waals surface area contributed by atoms with E-state index in [0.29, 0.717) is 12.6 Å². The molecule has 0 aromatic heterocycles. The zero-order chi connectivity index (χ0) is 13.1. The molecule has 2 rings (SSSR count). The molecule has 3 heteroatoms. The van der Waals surface area contributed by atoms with E-state index < -0.39 is 0 Å². The fraction of sp³-hybridized carbons (Fsp3) is 0.600. The quantitative estimate of drug-likeness (QED) is 0.916. The molecule has 0 aliphatic heterocycles. The average Bonchev–Trinajstić information content (AvgIpc) is 2.38. The minimum Gasteiger partial charge on any atom is -0.372 e. The van der Waals surface area contributed by atoms with E-state index in [1.165, 1.54) is 36.9 Å². The number of benzene rings is 1. The van der Waals surface area contributed by atoms with Crippen molar-refractivity contribution >= 4 is 21.6 Å². The Morgan fingerprint density at radius 3 is 2.50 bits per heavy atom. The van der Waals surface area contributed by atoms with E-state index >= 15 is 0 Å². The van der Waals surface area contributed by atoms with Crippen LogP contribution in [0.4, 0.5) is 5.69 Å². The molecule has 0 atom stereocenters. The highest BCUT2D eigenvalue weighted by atomic mass is 79.9. The topological polar surface area (TPSA) is 29.3 Å². The minimum atomic E-state index is 0.589. The van der Waals surface area contributed by atoms with Crippen molar-refractivity contribution < 1.29 is 0 Å². The van der Waals surface area contributed by atoms with Gasteiger partial charge in [-0.2, -0.15) is 0 Å². The monoisotopic (exact) mass is 310 g/mol. The number of halogens is 1. The first-order valence-electron chi connectivity index (χ1n) is 6.83. The predicted molar refractivity (Wildman–Crippen MR) is 81.9 cm³/mol. The van der Waals surface area contributed by atoms with Crippen molar-refractivity contribution in [2.75, 3.05) is 11.9 Å².